The summed E-state index contributed by atoms with van der Waals surface area (Å²) in [6.07, 6.45) is 1.59. The summed E-state index contributed by atoms with van der Waals surface area (Å²) < 4.78 is 5.55. The number of non-ortho nitro benzene ring substituents is 1. The lowest BCUT2D eigenvalue weighted by Crippen LogP contribution is -2.26. The van der Waals surface area contributed by atoms with Crippen LogP contribution >= 0.6 is 0 Å². The molecule has 1 aromatic heterocycles. The summed E-state index contributed by atoms with van der Waals surface area (Å²) in [7, 11) is 0. The third-order valence-electron chi connectivity index (χ3n) is 2.35. The van der Waals surface area contributed by atoms with Gasteiger partial charge in [0.05, 0.1) is 11.1 Å². The van der Waals surface area contributed by atoms with E-state index in [0.29, 0.717) is 11.8 Å². The number of hydrogen-bond donors (Lipinski definition) is 1. The van der Waals surface area contributed by atoms with E-state index in [2.05, 4.69) is 10.3 Å². The van der Waals surface area contributed by atoms with Gasteiger partial charge in [0.15, 0.2) is 5.76 Å². The van der Waals surface area contributed by atoms with Crippen molar-refractivity contribution >= 4 is 11.7 Å². The molecular formula is C13H15N3O3. The molecule has 6 nitrogen and oxygen atoms in total. The molecule has 1 N–H and O–H groups in total. The molecule has 1 heterocycles. The highest BCUT2D eigenvalue weighted by atomic mass is 16.6. The molecule has 6 heteroatoms. The van der Waals surface area contributed by atoms with Gasteiger partial charge in [-0.3, -0.25) is 10.1 Å². The van der Waals surface area contributed by atoms with Crippen molar-refractivity contribution in [2.24, 2.45) is 0 Å². The molecule has 0 aliphatic heterocycles. The Morgan fingerprint density at radius 2 is 1.89 bits per heavy atom. The SMILES string of the molecule is CC(C)(C)Nc1ncc(-c2ccc([N+](=O)[O-])cc2)o1. The summed E-state index contributed by atoms with van der Waals surface area (Å²) in [5.74, 6) is 0.571. The molecule has 0 bridgehead atoms. The second kappa shape index (κ2) is 4.72. The summed E-state index contributed by atoms with van der Waals surface area (Å²) in [5, 5.41) is 13.7. The highest BCUT2D eigenvalue weighted by Crippen LogP contribution is 2.25. The maximum atomic E-state index is 10.6. The zero-order chi connectivity index (χ0) is 14.0. The predicted molar refractivity (Wildman–Crippen MR) is 72.0 cm³/mol. The Hall–Kier alpha value is -2.37. The van der Waals surface area contributed by atoms with Crippen LogP contribution in [-0.4, -0.2) is 15.4 Å². The number of nitro benzene ring substituents is 1. The standard InChI is InChI=1S/C13H15N3O3/c1-13(2,3)15-12-14-8-11(19-12)9-4-6-10(7-5-9)16(17)18/h4-8H,1-3H3,(H,14,15). The lowest BCUT2D eigenvalue weighted by Gasteiger charge is -2.18. The van der Waals surface area contributed by atoms with Crippen molar-refractivity contribution in [2.45, 2.75) is 26.3 Å². The second-order valence-electron chi connectivity index (χ2n) is 5.21. The molecule has 2 rings (SSSR count). The van der Waals surface area contributed by atoms with Crippen molar-refractivity contribution < 1.29 is 9.34 Å². The van der Waals surface area contributed by atoms with Gasteiger partial charge < -0.3 is 9.73 Å². The Morgan fingerprint density at radius 1 is 1.26 bits per heavy atom. The number of anilines is 1. The van der Waals surface area contributed by atoms with Crippen LogP contribution in [0.5, 0.6) is 0 Å². The van der Waals surface area contributed by atoms with Crippen LogP contribution in [0, 0.1) is 10.1 Å². The zero-order valence-electron chi connectivity index (χ0n) is 11.0. The average molecular weight is 261 g/mol. The van der Waals surface area contributed by atoms with Gasteiger partial charge in [-0.2, -0.15) is 0 Å². The van der Waals surface area contributed by atoms with Crippen molar-refractivity contribution in [1.82, 2.24) is 4.98 Å². The molecule has 0 saturated heterocycles. The van der Waals surface area contributed by atoms with Gasteiger partial charge in [-0.05, 0) is 32.9 Å². The summed E-state index contributed by atoms with van der Waals surface area (Å²) in [6.45, 7) is 6.01. The summed E-state index contributed by atoms with van der Waals surface area (Å²) in [6, 6.07) is 6.59. The fourth-order valence-electron chi connectivity index (χ4n) is 1.53. The highest BCUT2D eigenvalue weighted by molar-refractivity contribution is 5.59. The van der Waals surface area contributed by atoms with Gasteiger partial charge >= 0.3 is 0 Å². The van der Waals surface area contributed by atoms with Gasteiger partial charge in [0.2, 0.25) is 0 Å². The van der Waals surface area contributed by atoms with Gasteiger partial charge in [0.1, 0.15) is 0 Å². The number of rotatable bonds is 3. The monoisotopic (exact) mass is 261 g/mol. The third-order valence-corrected chi connectivity index (χ3v) is 2.35. The highest BCUT2D eigenvalue weighted by Gasteiger charge is 2.14. The number of benzene rings is 1. The van der Waals surface area contributed by atoms with Crippen LogP contribution in [0.1, 0.15) is 20.8 Å². The Bertz CT molecular complexity index is 582. The van der Waals surface area contributed by atoms with Gasteiger partial charge in [0.25, 0.3) is 11.7 Å². The van der Waals surface area contributed by atoms with Crippen LogP contribution in [0.25, 0.3) is 11.3 Å². The maximum Gasteiger partial charge on any atom is 0.295 e. The quantitative estimate of drug-likeness (QED) is 0.675. The van der Waals surface area contributed by atoms with Crippen LogP contribution in [0.3, 0.4) is 0 Å². The Morgan fingerprint density at radius 3 is 2.42 bits per heavy atom. The van der Waals surface area contributed by atoms with E-state index in [-0.39, 0.29) is 11.2 Å². The molecule has 1 aromatic carbocycles. The number of hydrogen-bond acceptors (Lipinski definition) is 5. The summed E-state index contributed by atoms with van der Waals surface area (Å²) >= 11 is 0. The molecule has 0 spiro atoms. The Labute approximate surface area is 110 Å². The average Bonchev–Trinajstić information content (AvgIpc) is 2.75. The lowest BCUT2D eigenvalue weighted by molar-refractivity contribution is -0.384. The molecular weight excluding hydrogens is 246 g/mol. The summed E-state index contributed by atoms with van der Waals surface area (Å²) in [4.78, 5) is 14.3. The number of oxazole rings is 1. The topological polar surface area (TPSA) is 81.2 Å². The molecule has 0 radical (unpaired) electrons. The van der Waals surface area contributed by atoms with Crippen molar-refractivity contribution in [1.29, 1.82) is 0 Å². The minimum absolute atomic E-state index is 0.0521. The van der Waals surface area contributed by atoms with E-state index in [0.717, 1.165) is 5.56 Å². The first kappa shape index (κ1) is 13.1. The van der Waals surface area contributed by atoms with Crippen LogP contribution in [0.2, 0.25) is 0 Å². The minimum Gasteiger partial charge on any atom is -0.424 e. The van der Waals surface area contributed by atoms with E-state index < -0.39 is 4.92 Å². The largest absolute Gasteiger partial charge is 0.424 e. The fraction of sp³-hybridized carbons (Fsp3) is 0.308. The molecule has 0 aliphatic rings. The van der Waals surface area contributed by atoms with E-state index in [1.165, 1.54) is 12.1 Å². The minimum atomic E-state index is -0.434. The Kier molecular flexibility index (Phi) is 3.25. The number of nitrogens with one attached hydrogen (secondary N) is 1. The number of nitrogens with zero attached hydrogens (tertiary/aromatic N) is 2. The van der Waals surface area contributed by atoms with E-state index in [1.807, 2.05) is 20.8 Å². The molecule has 0 aliphatic carbocycles. The molecule has 0 amide bonds. The zero-order valence-corrected chi connectivity index (χ0v) is 11.0. The van der Waals surface area contributed by atoms with Crippen LogP contribution in [-0.2, 0) is 0 Å². The first-order chi connectivity index (χ1) is 8.85. The fourth-order valence-corrected chi connectivity index (χ4v) is 1.53. The maximum absolute atomic E-state index is 10.6. The molecule has 0 saturated carbocycles. The summed E-state index contributed by atoms with van der Waals surface area (Å²) in [5.41, 5.74) is 0.661. The van der Waals surface area contributed by atoms with E-state index in [1.54, 1.807) is 18.3 Å². The van der Waals surface area contributed by atoms with Crippen molar-refractivity contribution in [3.05, 3.63) is 40.6 Å². The first-order valence-electron chi connectivity index (χ1n) is 5.84. The van der Waals surface area contributed by atoms with Gasteiger partial charge in [-0.15, -0.1) is 0 Å². The molecule has 0 unspecified atom stereocenters. The third kappa shape index (κ3) is 3.31. The second-order valence-corrected chi connectivity index (χ2v) is 5.21. The van der Waals surface area contributed by atoms with Gasteiger partial charge in [-0.1, -0.05) is 0 Å². The van der Waals surface area contributed by atoms with Crippen molar-refractivity contribution in [3.63, 3.8) is 0 Å². The molecule has 0 fully saturated rings. The first-order valence-corrected chi connectivity index (χ1v) is 5.84. The lowest BCUT2D eigenvalue weighted by atomic mass is 10.1. The molecule has 100 valence electrons. The number of aromatic nitrogens is 1. The molecule has 2 aromatic rings. The number of nitro groups is 1. The van der Waals surface area contributed by atoms with Crippen molar-refractivity contribution in [3.8, 4) is 11.3 Å². The predicted octanol–water partition coefficient (Wildman–Crippen LogP) is 3.46. The normalized spacial score (nSPS) is 11.3. The van der Waals surface area contributed by atoms with E-state index in [4.69, 9.17) is 4.42 Å². The van der Waals surface area contributed by atoms with Crippen LogP contribution in [0.4, 0.5) is 11.7 Å². The van der Waals surface area contributed by atoms with Crippen LogP contribution < -0.4 is 5.32 Å². The van der Waals surface area contributed by atoms with Crippen LogP contribution in [0.15, 0.2) is 34.9 Å². The Balaban J connectivity index is 2.20. The van der Waals surface area contributed by atoms with Gasteiger partial charge in [-0.25, -0.2) is 4.98 Å². The van der Waals surface area contributed by atoms with E-state index >= 15 is 0 Å². The van der Waals surface area contributed by atoms with E-state index in [9.17, 15) is 10.1 Å². The van der Waals surface area contributed by atoms with Crippen molar-refractivity contribution in [2.75, 3.05) is 5.32 Å². The molecule has 19 heavy (non-hydrogen) atoms. The smallest absolute Gasteiger partial charge is 0.295 e. The molecule has 0 atom stereocenters. The van der Waals surface area contributed by atoms with Gasteiger partial charge in [0, 0.05) is 23.2 Å².